The lowest BCUT2D eigenvalue weighted by molar-refractivity contribution is -0.138. The summed E-state index contributed by atoms with van der Waals surface area (Å²) in [7, 11) is 0. The highest BCUT2D eigenvalue weighted by Gasteiger charge is 2.49. The van der Waals surface area contributed by atoms with Crippen molar-refractivity contribution in [3.63, 3.8) is 0 Å². The molecule has 2 atom stereocenters. The van der Waals surface area contributed by atoms with Crippen molar-refractivity contribution in [3.8, 4) is 6.01 Å². The number of halogens is 6. The summed E-state index contributed by atoms with van der Waals surface area (Å²) in [5.41, 5.74) is -1.63. The topological polar surface area (TPSA) is 38.2 Å². The minimum Gasteiger partial charge on any atom is -0.461 e. The average Bonchev–Trinajstić information content (AvgIpc) is 3.11. The molecule has 1 aromatic carbocycles. The molecule has 152 valence electrons. The Balaban J connectivity index is 1.67. The van der Waals surface area contributed by atoms with Crippen LogP contribution >= 0.6 is 15.9 Å². The van der Waals surface area contributed by atoms with Gasteiger partial charge < -0.3 is 4.74 Å². The van der Waals surface area contributed by atoms with Gasteiger partial charge in [-0.2, -0.15) is 23.1 Å². The number of aryl methyl sites for hydroxylation is 1. The molecule has 0 unspecified atom stereocenters. The third kappa shape index (κ3) is 3.24. The van der Waals surface area contributed by atoms with Gasteiger partial charge in [0.25, 0.3) is 0 Å². The number of alkyl halides is 4. The van der Waals surface area contributed by atoms with Gasteiger partial charge in [-0.1, -0.05) is 0 Å². The molecule has 2 fully saturated rings. The number of ether oxygens (including phenoxy) is 1. The van der Waals surface area contributed by atoms with Crippen molar-refractivity contribution in [3.05, 3.63) is 27.6 Å². The molecule has 3 heterocycles. The van der Waals surface area contributed by atoms with Gasteiger partial charge in [0, 0.05) is 18.4 Å². The standard InChI is InChI=1S/C18H17BrF5N3O/c1-9-11-5-12(18(22,23)24)13(19)14(21)15(11)26-16(25-9)28-8-17-3-2-4-27(17)7-10(20)6-17/h5,10H,2-4,6-8H2,1H3/t10-,17+/m1/s1. The van der Waals surface area contributed by atoms with E-state index in [1.54, 1.807) is 0 Å². The van der Waals surface area contributed by atoms with E-state index in [0.717, 1.165) is 25.5 Å². The molecule has 1 aromatic heterocycles. The molecule has 0 spiro atoms. The summed E-state index contributed by atoms with van der Waals surface area (Å²) in [4.78, 5) is 10.1. The second-order valence-corrected chi connectivity index (χ2v) is 8.19. The van der Waals surface area contributed by atoms with Gasteiger partial charge in [-0.15, -0.1) is 0 Å². The lowest BCUT2D eigenvalue weighted by atomic mass is 9.95. The zero-order valence-electron chi connectivity index (χ0n) is 14.9. The fraction of sp³-hybridized carbons (Fsp3) is 0.556. The number of benzene rings is 1. The number of hydrogen-bond acceptors (Lipinski definition) is 4. The van der Waals surface area contributed by atoms with Crippen molar-refractivity contribution in [1.82, 2.24) is 14.9 Å². The van der Waals surface area contributed by atoms with Gasteiger partial charge in [0.05, 0.1) is 21.3 Å². The van der Waals surface area contributed by atoms with Crippen LogP contribution in [0, 0.1) is 12.7 Å². The second kappa shape index (κ2) is 6.76. The van der Waals surface area contributed by atoms with E-state index in [-0.39, 0.29) is 29.2 Å². The lowest BCUT2D eigenvalue weighted by Gasteiger charge is -2.30. The van der Waals surface area contributed by atoms with Gasteiger partial charge in [0.1, 0.15) is 18.3 Å². The van der Waals surface area contributed by atoms with Crippen LogP contribution in [0.1, 0.15) is 30.5 Å². The van der Waals surface area contributed by atoms with E-state index in [0.29, 0.717) is 13.0 Å². The average molecular weight is 466 g/mol. The normalized spacial score (nSPS) is 25.5. The predicted molar refractivity (Wildman–Crippen MR) is 95.5 cm³/mol. The summed E-state index contributed by atoms with van der Waals surface area (Å²) < 4.78 is 72.8. The quantitative estimate of drug-likeness (QED) is 0.609. The molecule has 4 rings (SSSR count). The number of hydrogen-bond donors (Lipinski definition) is 0. The van der Waals surface area contributed by atoms with Crippen molar-refractivity contribution in [2.24, 2.45) is 0 Å². The first-order valence-corrected chi connectivity index (χ1v) is 9.65. The Bertz CT molecular complexity index is 938. The second-order valence-electron chi connectivity index (χ2n) is 7.40. The molecule has 2 aliphatic heterocycles. The summed E-state index contributed by atoms with van der Waals surface area (Å²) in [6.07, 6.45) is -3.55. The molecule has 10 heteroatoms. The Kier molecular flexibility index (Phi) is 4.77. The monoisotopic (exact) mass is 465 g/mol. The summed E-state index contributed by atoms with van der Waals surface area (Å²) >= 11 is 2.68. The maximum Gasteiger partial charge on any atom is 0.417 e. The fourth-order valence-electron chi connectivity index (χ4n) is 4.24. The lowest BCUT2D eigenvalue weighted by Crippen LogP contribution is -2.43. The molecule has 0 bridgehead atoms. The van der Waals surface area contributed by atoms with Crippen molar-refractivity contribution in [1.29, 1.82) is 0 Å². The molecule has 2 aliphatic rings. The summed E-state index contributed by atoms with van der Waals surface area (Å²) in [6, 6.07) is 0.697. The van der Waals surface area contributed by atoms with Crippen molar-refractivity contribution in [2.75, 3.05) is 19.7 Å². The van der Waals surface area contributed by atoms with Crippen LogP contribution in [0.25, 0.3) is 10.9 Å². The van der Waals surface area contributed by atoms with E-state index in [1.807, 2.05) is 0 Å². The first kappa shape index (κ1) is 19.8. The Morgan fingerprint density at radius 2 is 2.11 bits per heavy atom. The molecule has 28 heavy (non-hydrogen) atoms. The Morgan fingerprint density at radius 1 is 1.36 bits per heavy atom. The molecule has 0 amide bonds. The van der Waals surface area contributed by atoms with Gasteiger partial charge in [-0.05, 0) is 48.3 Å². The minimum atomic E-state index is -4.72. The van der Waals surface area contributed by atoms with Crippen LogP contribution in [0.3, 0.4) is 0 Å². The molecule has 0 saturated carbocycles. The van der Waals surface area contributed by atoms with E-state index in [2.05, 4.69) is 30.8 Å². The molecule has 0 aliphatic carbocycles. The number of aromatic nitrogens is 2. The van der Waals surface area contributed by atoms with Crippen LogP contribution in [-0.4, -0.2) is 46.3 Å². The first-order chi connectivity index (χ1) is 13.1. The smallest absolute Gasteiger partial charge is 0.417 e. The molecule has 4 nitrogen and oxygen atoms in total. The highest BCUT2D eigenvalue weighted by Crippen LogP contribution is 2.41. The highest BCUT2D eigenvalue weighted by atomic mass is 79.9. The maximum absolute atomic E-state index is 14.6. The molecular formula is C18H17BrF5N3O. The number of rotatable bonds is 3. The Labute approximate surface area is 166 Å². The molecule has 2 aromatic rings. The Morgan fingerprint density at radius 3 is 2.82 bits per heavy atom. The van der Waals surface area contributed by atoms with Crippen LogP contribution in [0.4, 0.5) is 22.0 Å². The van der Waals surface area contributed by atoms with E-state index in [1.165, 1.54) is 6.92 Å². The van der Waals surface area contributed by atoms with E-state index >= 15 is 0 Å². The zero-order chi connectivity index (χ0) is 20.3. The van der Waals surface area contributed by atoms with E-state index < -0.39 is 33.7 Å². The van der Waals surface area contributed by atoms with Crippen LogP contribution in [0.5, 0.6) is 6.01 Å². The minimum absolute atomic E-state index is 0.0364. The van der Waals surface area contributed by atoms with Crippen LogP contribution in [0.15, 0.2) is 10.5 Å². The molecular weight excluding hydrogens is 449 g/mol. The SMILES string of the molecule is Cc1nc(OC[C@@]23CCCN2C[C@H](F)C3)nc2c(F)c(Br)c(C(F)(F)F)cc12. The fourth-order valence-corrected chi connectivity index (χ4v) is 4.77. The predicted octanol–water partition coefficient (Wildman–Crippen LogP) is 4.81. The van der Waals surface area contributed by atoms with Crippen molar-refractivity contribution >= 4 is 26.8 Å². The van der Waals surface area contributed by atoms with Crippen molar-refractivity contribution in [2.45, 2.75) is 44.1 Å². The van der Waals surface area contributed by atoms with E-state index in [9.17, 15) is 22.0 Å². The zero-order valence-corrected chi connectivity index (χ0v) is 16.5. The number of nitrogens with zero attached hydrogens (tertiary/aromatic N) is 3. The van der Waals surface area contributed by atoms with Crippen molar-refractivity contribution < 1.29 is 26.7 Å². The van der Waals surface area contributed by atoms with Crippen LogP contribution in [0.2, 0.25) is 0 Å². The van der Waals surface area contributed by atoms with Crippen LogP contribution in [-0.2, 0) is 6.18 Å². The third-order valence-electron chi connectivity index (χ3n) is 5.58. The van der Waals surface area contributed by atoms with Gasteiger partial charge in [0.15, 0.2) is 5.82 Å². The Hall–Kier alpha value is -1.55. The maximum atomic E-state index is 14.6. The molecule has 0 N–H and O–H groups in total. The van der Waals surface area contributed by atoms with Gasteiger partial charge in [0.2, 0.25) is 0 Å². The largest absolute Gasteiger partial charge is 0.461 e. The highest BCUT2D eigenvalue weighted by molar-refractivity contribution is 9.10. The number of fused-ring (bicyclic) bond motifs is 2. The van der Waals surface area contributed by atoms with Gasteiger partial charge in [-0.3, -0.25) is 4.90 Å². The molecule has 0 radical (unpaired) electrons. The van der Waals surface area contributed by atoms with E-state index in [4.69, 9.17) is 4.74 Å². The molecule has 2 saturated heterocycles. The van der Waals surface area contributed by atoms with Gasteiger partial charge in [-0.25, -0.2) is 8.78 Å². The summed E-state index contributed by atoms with van der Waals surface area (Å²) in [5, 5.41) is -0.0364. The summed E-state index contributed by atoms with van der Waals surface area (Å²) in [5.74, 6) is -1.12. The summed E-state index contributed by atoms with van der Waals surface area (Å²) in [6.45, 7) is 2.78. The third-order valence-corrected chi connectivity index (χ3v) is 6.35. The first-order valence-electron chi connectivity index (χ1n) is 8.86. The van der Waals surface area contributed by atoms with Gasteiger partial charge >= 0.3 is 12.2 Å². The van der Waals surface area contributed by atoms with Crippen LogP contribution < -0.4 is 4.74 Å².